The number of nitrogens with one attached hydrogen (secondary N) is 1. The fourth-order valence-electron chi connectivity index (χ4n) is 1.99. The highest BCUT2D eigenvalue weighted by molar-refractivity contribution is 7.98. The van der Waals surface area contributed by atoms with Gasteiger partial charge in [-0.05, 0) is 18.1 Å². The van der Waals surface area contributed by atoms with Gasteiger partial charge in [0.25, 0.3) is 0 Å². The molecule has 2 aromatic carbocycles. The number of nitrogens with zero attached hydrogens (tertiary/aromatic N) is 2. The summed E-state index contributed by atoms with van der Waals surface area (Å²) in [6.07, 6.45) is 0. The molecule has 0 spiro atoms. The van der Waals surface area contributed by atoms with Crippen molar-refractivity contribution in [3.63, 3.8) is 0 Å². The van der Waals surface area contributed by atoms with Crippen LogP contribution in [0.3, 0.4) is 0 Å². The molecule has 0 saturated heterocycles. The second kappa shape index (κ2) is 5.92. The average molecular weight is 281 g/mol. The first-order valence-electron chi connectivity index (χ1n) is 6.48. The summed E-state index contributed by atoms with van der Waals surface area (Å²) >= 11 is 1.64. The van der Waals surface area contributed by atoms with Gasteiger partial charge in [0.2, 0.25) is 5.16 Å². The van der Waals surface area contributed by atoms with E-state index in [1.807, 2.05) is 30.3 Å². The molecule has 0 atom stereocenters. The monoisotopic (exact) mass is 281 g/mol. The predicted molar refractivity (Wildman–Crippen MR) is 82.6 cm³/mol. The molecular weight excluding hydrogens is 266 g/mol. The van der Waals surface area contributed by atoms with Gasteiger partial charge in [-0.25, -0.2) is 4.98 Å². The van der Waals surface area contributed by atoms with Crippen molar-refractivity contribution >= 4 is 11.8 Å². The summed E-state index contributed by atoms with van der Waals surface area (Å²) in [5.74, 6) is 1.71. The first-order chi connectivity index (χ1) is 9.83. The fourth-order valence-corrected chi connectivity index (χ4v) is 2.75. The smallest absolute Gasteiger partial charge is 0.209 e. The fraction of sp³-hybridized carbons (Fsp3) is 0.125. The second-order valence-electron chi connectivity index (χ2n) is 4.56. The number of thioether (sulfide) groups is 1. The molecule has 1 N–H and O–H groups in total. The summed E-state index contributed by atoms with van der Waals surface area (Å²) in [7, 11) is 0. The van der Waals surface area contributed by atoms with Gasteiger partial charge in [0.05, 0.1) is 0 Å². The Bertz CT molecular complexity index is 692. The molecule has 0 aliphatic rings. The number of hydrogen-bond acceptors (Lipinski definition) is 3. The van der Waals surface area contributed by atoms with Crippen molar-refractivity contribution in [3.8, 4) is 11.4 Å². The Hall–Kier alpha value is -2.07. The summed E-state index contributed by atoms with van der Waals surface area (Å²) in [4.78, 5) is 4.55. The van der Waals surface area contributed by atoms with E-state index < -0.39 is 0 Å². The van der Waals surface area contributed by atoms with Gasteiger partial charge >= 0.3 is 0 Å². The van der Waals surface area contributed by atoms with Gasteiger partial charge in [0.1, 0.15) is 0 Å². The van der Waals surface area contributed by atoms with E-state index in [9.17, 15) is 0 Å². The topological polar surface area (TPSA) is 41.6 Å². The van der Waals surface area contributed by atoms with Gasteiger partial charge in [-0.3, -0.25) is 5.10 Å². The summed E-state index contributed by atoms with van der Waals surface area (Å²) in [5.41, 5.74) is 3.58. The van der Waals surface area contributed by atoms with Crippen molar-refractivity contribution in [2.45, 2.75) is 17.8 Å². The third kappa shape index (κ3) is 2.91. The Morgan fingerprint density at radius 1 is 1.00 bits per heavy atom. The SMILES string of the molecule is Cc1ccccc1-c1nc(SCc2ccccc2)n[nH]1. The maximum Gasteiger partial charge on any atom is 0.209 e. The summed E-state index contributed by atoms with van der Waals surface area (Å²) < 4.78 is 0. The van der Waals surface area contributed by atoms with E-state index in [1.54, 1.807) is 11.8 Å². The molecule has 0 aliphatic carbocycles. The lowest BCUT2D eigenvalue weighted by Crippen LogP contribution is -1.84. The van der Waals surface area contributed by atoms with Crippen molar-refractivity contribution in [1.29, 1.82) is 0 Å². The number of hydrogen-bond donors (Lipinski definition) is 1. The molecule has 0 fully saturated rings. The Morgan fingerprint density at radius 2 is 1.75 bits per heavy atom. The molecule has 1 heterocycles. The molecule has 1 aromatic heterocycles. The second-order valence-corrected chi connectivity index (χ2v) is 5.50. The van der Waals surface area contributed by atoms with Crippen LogP contribution in [0.5, 0.6) is 0 Å². The molecule has 0 radical (unpaired) electrons. The molecule has 100 valence electrons. The average Bonchev–Trinajstić information content (AvgIpc) is 2.95. The third-order valence-corrected chi connectivity index (χ3v) is 3.99. The Kier molecular flexibility index (Phi) is 3.83. The van der Waals surface area contributed by atoms with Crippen LogP contribution in [-0.4, -0.2) is 15.2 Å². The van der Waals surface area contributed by atoms with E-state index >= 15 is 0 Å². The van der Waals surface area contributed by atoms with Crippen LogP contribution in [0.4, 0.5) is 0 Å². The number of aryl methyl sites for hydroxylation is 1. The molecule has 3 rings (SSSR count). The maximum absolute atomic E-state index is 4.55. The molecular formula is C16H15N3S. The molecule has 0 amide bonds. The van der Waals surface area contributed by atoms with Gasteiger partial charge in [-0.1, -0.05) is 66.4 Å². The molecule has 0 unspecified atom stereocenters. The van der Waals surface area contributed by atoms with E-state index in [2.05, 4.69) is 46.4 Å². The lowest BCUT2D eigenvalue weighted by molar-refractivity contribution is 0.973. The van der Waals surface area contributed by atoms with E-state index in [1.165, 1.54) is 11.1 Å². The van der Waals surface area contributed by atoms with Crippen molar-refractivity contribution in [1.82, 2.24) is 15.2 Å². The number of rotatable bonds is 4. The van der Waals surface area contributed by atoms with Crippen LogP contribution in [-0.2, 0) is 5.75 Å². The summed E-state index contributed by atoms with van der Waals surface area (Å²) in [6.45, 7) is 2.08. The van der Waals surface area contributed by atoms with E-state index in [4.69, 9.17) is 0 Å². The zero-order valence-corrected chi connectivity index (χ0v) is 12.0. The molecule has 20 heavy (non-hydrogen) atoms. The molecule has 3 nitrogen and oxygen atoms in total. The molecule has 0 saturated carbocycles. The maximum atomic E-state index is 4.55. The summed E-state index contributed by atoms with van der Waals surface area (Å²) in [6, 6.07) is 18.5. The number of aromatic nitrogens is 3. The summed E-state index contributed by atoms with van der Waals surface area (Å²) in [5, 5.41) is 8.08. The lowest BCUT2D eigenvalue weighted by atomic mass is 10.1. The minimum Gasteiger partial charge on any atom is -0.258 e. The number of H-pyrrole nitrogens is 1. The van der Waals surface area contributed by atoms with Crippen LogP contribution in [0.2, 0.25) is 0 Å². The quantitative estimate of drug-likeness (QED) is 0.733. The highest BCUT2D eigenvalue weighted by atomic mass is 32.2. The van der Waals surface area contributed by atoms with E-state index in [0.29, 0.717) is 0 Å². The molecule has 4 heteroatoms. The Balaban J connectivity index is 1.73. The van der Waals surface area contributed by atoms with Gasteiger partial charge in [-0.15, -0.1) is 5.10 Å². The predicted octanol–water partition coefficient (Wildman–Crippen LogP) is 4.07. The van der Waals surface area contributed by atoms with Crippen LogP contribution < -0.4 is 0 Å². The highest BCUT2D eigenvalue weighted by Gasteiger charge is 2.08. The van der Waals surface area contributed by atoms with Crippen LogP contribution >= 0.6 is 11.8 Å². The Labute approximate surface area is 122 Å². The van der Waals surface area contributed by atoms with Crippen molar-refractivity contribution in [2.24, 2.45) is 0 Å². The molecule has 3 aromatic rings. The van der Waals surface area contributed by atoms with Gasteiger partial charge in [0.15, 0.2) is 5.82 Å². The van der Waals surface area contributed by atoms with E-state index in [0.717, 1.165) is 22.3 Å². The van der Waals surface area contributed by atoms with Crippen LogP contribution in [0.1, 0.15) is 11.1 Å². The normalized spacial score (nSPS) is 10.7. The third-order valence-electron chi connectivity index (χ3n) is 3.08. The van der Waals surface area contributed by atoms with Crippen molar-refractivity contribution in [2.75, 3.05) is 0 Å². The number of benzene rings is 2. The number of aromatic amines is 1. The minimum atomic E-state index is 0.784. The molecule has 0 aliphatic heterocycles. The molecule has 0 bridgehead atoms. The van der Waals surface area contributed by atoms with Crippen LogP contribution in [0.15, 0.2) is 59.8 Å². The van der Waals surface area contributed by atoms with E-state index in [-0.39, 0.29) is 0 Å². The minimum absolute atomic E-state index is 0.784. The van der Waals surface area contributed by atoms with Gasteiger partial charge < -0.3 is 0 Å². The lowest BCUT2D eigenvalue weighted by Gasteiger charge is -1.99. The first kappa shape index (κ1) is 12.9. The van der Waals surface area contributed by atoms with Crippen molar-refractivity contribution < 1.29 is 0 Å². The van der Waals surface area contributed by atoms with Crippen LogP contribution in [0, 0.1) is 6.92 Å². The Morgan fingerprint density at radius 3 is 2.55 bits per heavy atom. The first-order valence-corrected chi connectivity index (χ1v) is 7.46. The van der Waals surface area contributed by atoms with Crippen LogP contribution in [0.25, 0.3) is 11.4 Å². The van der Waals surface area contributed by atoms with Gasteiger partial charge in [0, 0.05) is 11.3 Å². The highest BCUT2D eigenvalue weighted by Crippen LogP contribution is 2.23. The largest absolute Gasteiger partial charge is 0.258 e. The zero-order valence-electron chi connectivity index (χ0n) is 11.2. The van der Waals surface area contributed by atoms with Crippen molar-refractivity contribution in [3.05, 3.63) is 65.7 Å². The zero-order chi connectivity index (χ0) is 13.8. The van der Waals surface area contributed by atoms with Gasteiger partial charge in [-0.2, -0.15) is 0 Å². The standard InChI is InChI=1S/C16H15N3S/c1-12-7-5-6-10-14(12)15-17-16(19-18-15)20-11-13-8-3-2-4-9-13/h2-10H,11H2,1H3,(H,17,18,19).